The van der Waals surface area contributed by atoms with Gasteiger partial charge in [-0.3, -0.25) is 4.79 Å². The summed E-state index contributed by atoms with van der Waals surface area (Å²) in [6.45, 7) is 0.467. The van der Waals surface area contributed by atoms with E-state index in [9.17, 15) is 9.90 Å². The van der Waals surface area contributed by atoms with E-state index in [4.69, 9.17) is 21.7 Å². The zero-order valence-corrected chi connectivity index (χ0v) is 17.1. The van der Waals surface area contributed by atoms with E-state index >= 15 is 0 Å². The summed E-state index contributed by atoms with van der Waals surface area (Å²) in [5.41, 5.74) is 1.83. The molecule has 0 atom stereocenters. The van der Waals surface area contributed by atoms with Gasteiger partial charge in [0, 0.05) is 23.9 Å². The average Bonchev–Trinajstić information content (AvgIpc) is 2.74. The first-order valence-electron chi connectivity index (χ1n) is 9.05. The van der Waals surface area contributed by atoms with E-state index in [0.717, 1.165) is 16.8 Å². The van der Waals surface area contributed by atoms with Gasteiger partial charge >= 0.3 is 0 Å². The van der Waals surface area contributed by atoms with Crippen LogP contribution < -0.4 is 20.3 Å². The van der Waals surface area contributed by atoms with Crippen molar-refractivity contribution >= 4 is 33.9 Å². The second kappa shape index (κ2) is 9.40. The Hall–Kier alpha value is -3.10. The van der Waals surface area contributed by atoms with Crippen LogP contribution >= 0.6 is 12.2 Å². The molecule has 3 rings (SSSR count). The molecule has 1 aromatic heterocycles. The highest BCUT2D eigenvalue weighted by Gasteiger charge is 2.13. The molecule has 0 saturated carbocycles. The van der Waals surface area contributed by atoms with Gasteiger partial charge in [-0.05, 0) is 60.1 Å². The first-order chi connectivity index (χ1) is 14.0. The van der Waals surface area contributed by atoms with Gasteiger partial charge in [-0.15, -0.1) is 0 Å². The number of aliphatic hydroxyl groups excluding tert-OH is 1. The molecule has 7 nitrogen and oxygen atoms in total. The number of fused-ring (bicyclic) bond motifs is 1. The molecule has 0 spiro atoms. The maximum absolute atomic E-state index is 12.6. The number of nitrogens with zero attached hydrogens (tertiary/aromatic N) is 1. The number of pyridine rings is 1. The Kier molecular flexibility index (Phi) is 6.69. The number of hydrogen-bond acceptors (Lipinski definition) is 5. The molecule has 8 heteroatoms. The highest BCUT2D eigenvalue weighted by Crippen LogP contribution is 2.19. The zero-order valence-electron chi connectivity index (χ0n) is 16.3. The van der Waals surface area contributed by atoms with Crippen molar-refractivity contribution in [1.29, 1.82) is 0 Å². The molecule has 3 aromatic rings. The van der Waals surface area contributed by atoms with Gasteiger partial charge in [-0.25, -0.2) is 0 Å². The van der Waals surface area contributed by atoms with E-state index < -0.39 is 0 Å². The lowest BCUT2D eigenvalue weighted by Crippen LogP contribution is -2.37. The Morgan fingerprint density at radius 1 is 1.10 bits per heavy atom. The quantitative estimate of drug-likeness (QED) is 0.514. The first kappa shape index (κ1) is 20.6. The van der Waals surface area contributed by atoms with Crippen molar-refractivity contribution in [3.63, 3.8) is 0 Å². The van der Waals surface area contributed by atoms with Crippen LogP contribution in [0.1, 0.15) is 5.56 Å². The second-order valence-electron chi connectivity index (χ2n) is 6.38. The molecule has 0 saturated heterocycles. The van der Waals surface area contributed by atoms with Crippen molar-refractivity contribution in [2.45, 2.75) is 6.54 Å². The molecule has 0 aliphatic carbocycles. The monoisotopic (exact) mass is 413 g/mol. The standard InChI is InChI=1S/C21H23N3O4S/c1-27-17-7-4-16(5-8-17)22-21(29)24(9-10-25)13-15-11-14-3-6-18(28-2)12-19(14)23-20(15)26/h3-8,11-12,25H,9-10,13H2,1-2H3,(H,22,29)(H,23,26). The Labute approximate surface area is 173 Å². The van der Waals surface area contributed by atoms with Crippen LogP contribution in [0, 0.1) is 0 Å². The summed E-state index contributed by atoms with van der Waals surface area (Å²) < 4.78 is 10.4. The Balaban J connectivity index is 1.80. The molecule has 0 aliphatic heterocycles. The maximum Gasteiger partial charge on any atom is 0.253 e. The van der Waals surface area contributed by atoms with Crippen molar-refractivity contribution in [3.05, 3.63) is 64.4 Å². The van der Waals surface area contributed by atoms with Gasteiger partial charge in [0.2, 0.25) is 0 Å². The molecular formula is C21H23N3O4S. The highest BCUT2D eigenvalue weighted by molar-refractivity contribution is 7.80. The van der Waals surface area contributed by atoms with Gasteiger partial charge in [-0.1, -0.05) is 0 Å². The fourth-order valence-corrected chi connectivity index (χ4v) is 3.20. The smallest absolute Gasteiger partial charge is 0.253 e. The van der Waals surface area contributed by atoms with Gasteiger partial charge in [-0.2, -0.15) is 0 Å². The van der Waals surface area contributed by atoms with Gasteiger partial charge in [0.05, 0.1) is 32.9 Å². The zero-order chi connectivity index (χ0) is 20.8. The minimum atomic E-state index is -0.207. The summed E-state index contributed by atoms with van der Waals surface area (Å²) in [6, 6.07) is 14.7. The van der Waals surface area contributed by atoms with E-state index in [2.05, 4.69) is 10.3 Å². The molecule has 1 heterocycles. The number of methoxy groups -OCH3 is 2. The van der Waals surface area contributed by atoms with Crippen LogP contribution in [0.5, 0.6) is 11.5 Å². The van der Waals surface area contributed by atoms with Gasteiger partial charge in [0.15, 0.2) is 5.11 Å². The van der Waals surface area contributed by atoms with Crippen LogP contribution in [-0.2, 0) is 6.54 Å². The highest BCUT2D eigenvalue weighted by atomic mass is 32.1. The number of rotatable bonds is 7. The number of aliphatic hydroxyl groups is 1. The fourth-order valence-electron chi connectivity index (χ4n) is 2.93. The first-order valence-corrected chi connectivity index (χ1v) is 9.45. The Morgan fingerprint density at radius 2 is 1.79 bits per heavy atom. The number of aromatic nitrogens is 1. The lowest BCUT2D eigenvalue weighted by atomic mass is 10.1. The number of ether oxygens (including phenoxy) is 2. The third-order valence-corrected chi connectivity index (χ3v) is 4.85. The summed E-state index contributed by atoms with van der Waals surface area (Å²) in [7, 11) is 3.18. The normalized spacial score (nSPS) is 10.6. The van der Waals surface area contributed by atoms with E-state index in [-0.39, 0.29) is 18.7 Å². The van der Waals surface area contributed by atoms with Crippen LogP contribution in [-0.4, -0.2) is 47.5 Å². The van der Waals surface area contributed by atoms with Gasteiger partial charge in [0.25, 0.3) is 5.56 Å². The summed E-state index contributed by atoms with van der Waals surface area (Å²) in [4.78, 5) is 17.2. The van der Waals surface area contributed by atoms with Crippen LogP contribution in [0.15, 0.2) is 53.3 Å². The van der Waals surface area contributed by atoms with Crippen molar-refractivity contribution in [2.75, 3.05) is 32.7 Å². The number of hydrogen-bond donors (Lipinski definition) is 3. The van der Waals surface area contributed by atoms with Crippen molar-refractivity contribution < 1.29 is 14.6 Å². The third kappa shape index (κ3) is 5.04. The SMILES string of the molecule is COc1ccc(NC(=S)N(CCO)Cc2cc3ccc(OC)cc3[nH]c2=O)cc1. The number of thiocarbonyl (C=S) groups is 1. The Morgan fingerprint density at radius 3 is 2.45 bits per heavy atom. The minimum absolute atomic E-state index is 0.0902. The number of H-pyrrole nitrogens is 1. The van der Waals surface area contributed by atoms with Gasteiger partial charge < -0.3 is 29.8 Å². The molecule has 29 heavy (non-hydrogen) atoms. The molecule has 0 bridgehead atoms. The predicted molar refractivity (Wildman–Crippen MR) is 118 cm³/mol. The molecule has 2 aromatic carbocycles. The lowest BCUT2D eigenvalue weighted by molar-refractivity contribution is 0.248. The average molecular weight is 413 g/mol. The van der Waals surface area contributed by atoms with Gasteiger partial charge in [0.1, 0.15) is 11.5 Å². The molecule has 0 unspecified atom stereocenters. The molecule has 0 aliphatic rings. The summed E-state index contributed by atoms with van der Waals surface area (Å²) in [5, 5.41) is 13.9. The van der Waals surface area contributed by atoms with Crippen LogP contribution in [0.4, 0.5) is 5.69 Å². The number of aromatic amines is 1. The second-order valence-corrected chi connectivity index (χ2v) is 6.77. The topological polar surface area (TPSA) is 86.8 Å². The fraction of sp³-hybridized carbons (Fsp3) is 0.238. The molecule has 0 radical (unpaired) electrons. The summed E-state index contributed by atoms with van der Waals surface area (Å²) in [6.07, 6.45) is 0. The summed E-state index contributed by atoms with van der Waals surface area (Å²) in [5.74, 6) is 1.42. The third-order valence-electron chi connectivity index (χ3n) is 4.49. The van der Waals surface area contributed by atoms with Crippen LogP contribution in [0.3, 0.4) is 0 Å². The van der Waals surface area contributed by atoms with E-state index in [1.165, 1.54) is 0 Å². The van der Waals surface area contributed by atoms with Crippen molar-refractivity contribution in [3.8, 4) is 11.5 Å². The Bertz CT molecular complexity index is 1050. The minimum Gasteiger partial charge on any atom is -0.497 e. The van der Waals surface area contributed by atoms with Crippen LogP contribution in [0.2, 0.25) is 0 Å². The van der Waals surface area contributed by atoms with Crippen molar-refractivity contribution in [2.24, 2.45) is 0 Å². The number of benzene rings is 2. The predicted octanol–water partition coefficient (Wildman–Crippen LogP) is 2.74. The molecule has 152 valence electrons. The number of nitrogens with one attached hydrogen (secondary N) is 2. The lowest BCUT2D eigenvalue weighted by Gasteiger charge is -2.25. The summed E-state index contributed by atoms with van der Waals surface area (Å²) >= 11 is 5.50. The largest absolute Gasteiger partial charge is 0.497 e. The number of anilines is 1. The van der Waals surface area contributed by atoms with Crippen molar-refractivity contribution in [1.82, 2.24) is 9.88 Å². The molecule has 3 N–H and O–H groups in total. The van der Waals surface area contributed by atoms with Crippen LogP contribution in [0.25, 0.3) is 10.9 Å². The maximum atomic E-state index is 12.6. The molecular weight excluding hydrogens is 390 g/mol. The van der Waals surface area contributed by atoms with E-state index in [0.29, 0.717) is 28.5 Å². The van der Waals surface area contributed by atoms with E-state index in [1.807, 2.05) is 42.5 Å². The van der Waals surface area contributed by atoms with E-state index in [1.54, 1.807) is 25.2 Å². The molecule has 0 amide bonds. The molecule has 0 fully saturated rings.